The van der Waals surface area contributed by atoms with Crippen LogP contribution >= 0.6 is 12.6 Å². The van der Waals surface area contributed by atoms with E-state index in [9.17, 15) is 5.11 Å². The lowest BCUT2D eigenvalue weighted by Gasteiger charge is -2.62. The summed E-state index contributed by atoms with van der Waals surface area (Å²) >= 11 is 4.53. The molecule has 0 aliphatic heterocycles. The fourth-order valence-electron chi connectivity index (χ4n) is 7.92. The maximum absolute atomic E-state index is 9.31. The third-order valence-corrected chi connectivity index (χ3v) is 12.9. The summed E-state index contributed by atoms with van der Waals surface area (Å²) < 4.78 is 6.75. The molecule has 0 aliphatic rings. The van der Waals surface area contributed by atoms with Gasteiger partial charge in [0, 0.05) is 48.6 Å². The number of aliphatic hydroxyl groups excluding tert-OH is 1. The lowest BCUT2D eigenvalue weighted by Crippen LogP contribution is -2.55. The molecular formula is C48H82N2O2S. The third kappa shape index (κ3) is 14.6. The zero-order valence-corrected chi connectivity index (χ0v) is 37.3. The van der Waals surface area contributed by atoms with Crippen molar-refractivity contribution in [1.82, 2.24) is 10.2 Å². The SMILES string of the molecule is C=CCCC(=C)N(CCCCCCNC(=C)CCC(=C)O)CCCOC(=C)C(C)(C(C)(C)C)C(C)(C)C(C)(C)C(CC(C)(C)C)c1ccc(CS)cc1. The molecule has 0 aromatic heterocycles. The van der Waals surface area contributed by atoms with Crippen LogP contribution in [0.3, 0.4) is 0 Å². The van der Waals surface area contributed by atoms with E-state index >= 15 is 0 Å². The second-order valence-corrected chi connectivity index (χ2v) is 19.3. The highest BCUT2D eigenvalue weighted by atomic mass is 32.1. The molecule has 0 heterocycles. The number of aliphatic hydroxyl groups is 1. The average molecular weight is 751 g/mol. The molecule has 5 heteroatoms. The van der Waals surface area contributed by atoms with Gasteiger partial charge in [-0.25, -0.2) is 0 Å². The Labute approximate surface area is 334 Å². The maximum Gasteiger partial charge on any atom is 0.0957 e. The topological polar surface area (TPSA) is 44.7 Å². The number of thiol groups is 1. The van der Waals surface area contributed by atoms with Gasteiger partial charge in [0.25, 0.3) is 0 Å². The van der Waals surface area contributed by atoms with Gasteiger partial charge < -0.3 is 20.1 Å². The Morgan fingerprint density at radius 2 is 1.42 bits per heavy atom. The van der Waals surface area contributed by atoms with Gasteiger partial charge in [0.1, 0.15) is 0 Å². The van der Waals surface area contributed by atoms with E-state index < -0.39 is 0 Å². The minimum Gasteiger partial charge on any atom is -0.513 e. The van der Waals surface area contributed by atoms with Crippen LogP contribution in [-0.4, -0.2) is 36.2 Å². The predicted molar refractivity (Wildman–Crippen MR) is 238 cm³/mol. The van der Waals surface area contributed by atoms with Gasteiger partial charge in [-0.1, -0.05) is 146 Å². The van der Waals surface area contributed by atoms with E-state index in [1.54, 1.807) is 0 Å². The van der Waals surface area contributed by atoms with Crippen LogP contribution in [0.25, 0.3) is 0 Å². The van der Waals surface area contributed by atoms with E-state index in [-0.39, 0.29) is 32.8 Å². The van der Waals surface area contributed by atoms with Gasteiger partial charge in [-0.05, 0) is 83.7 Å². The first-order valence-electron chi connectivity index (χ1n) is 20.3. The van der Waals surface area contributed by atoms with E-state index in [0.29, 0.717) is 18.9 Å². The first kappa shape index (κ1) is 48.5. The van der Waals surface area contributed by atoms with Crippen molar-refractivity contribution in [3.05, 3.63) is 97.3 Å². The minimum absolute atomic E-state index is 0.101. The van der Waals surface area contributed by atoms with Crippen LogP contribution in [0.4, 0.5) is 0 Å². The Kier molecular flexibility index (Phi) is 19.7. The van der Waals surface area contributed by atoms with Crippen LogP contribution < -0.4 is 5.32 Å². The number of ether oxygens (including phenoxy) is 1. The Morgan fingerprint density at radius 3 is 1.94 bits per heavy atom. The lowest BCUT2D eigenvalue weighted by atomic mass is 9.43. The molecule has 1 aromatic carbocycles. The molecule has 4 nitrogen and oxygen atoms in total. The molecule has 0 saturated carbocycles. The maximum atomic E-state index is 9.31. The van der Waals surface area contributed by atoms with Crippen molar-refractivity contribution in [3.8, 4) is 0 Å². The third-order valence-electron chi connectivity index (χ3n) is 12.5. The molecule has 1 aromatic rings. The molecule has 0 spiro atoms. The number of hydrogen-bond acceptors (Lipinski definition) is 5. The summed E-state index contributed by atoms with van der Waals surface area (Å²) in [7, 11) is 0. The molecular weight excluding hydrogens is 669 g/mol. The van der Waals surface area contributed by atoms with E-state index in [4.69, 9.17) is 11.3 Å². The molecule has 0 fully saturated rings. The largest absolute Gasteiger partial charge is 0.513 e. The van der Waals surface area contributed by atoms with Crippen LogP contribution in [0.15, 0.2) is 86.1 Å². The van der Waals surface area contributed by atoms with Crippen molar-refractivity contribution in [2.75, 3.05) is 26.2 Å². The molecule has 0 aliphatic carbocycles. The number of benzene rings is 1. The second kappa shape index (κ2) is 21.5. The molecule has 0 bridgehead atoms. The summed E-state index contributed by atoms with van der Waals surface area (Å²) in [6, 6.07) is 9.17. The van der Waals surface area contributed by atoms with Crippen molar-refractivity contribution in [2.45, 2.75) is 152 Å². The molecule has 53 heavy (non-hydrogen) atoms. The molecule has 2 unspecified atom stereocenters. The van der Waals surface area contributed by atoms with E-state index in [1.165, 1.54) is 23.2 Å². The van der Waals surface area contributed by atoms with Crippen LogP contribution in [0.1, 0.15) is 157 Å². The smallest absolute Gasteiger partial charge is 0.0957 e. The number of allylic oxidation sites excluding steroid dienone is 5. The van der Waals surface area contributed by atoms with E-state index in [1.807, 2.05) is 6.08 Å². The van der Waals surface area contributed by atoms with Gasteiger partial charge >= 0.3 is 0 Å². The minimum atomic E-state index is -0.327. The standard InChI is InChI=1S/C48H82N2O2S/c1-17-18-24-38(3)50(32-22-20-19-21-31-49-37(2)25-26-39(4)51)33-23-34-52-40(5)48(16,45(9,10)11)47(14,15)46(12,13)43(35-44(6,7)8)42-29-27-41(36-53)28-30-42/h17,27-30,43,49,51,53H,1-5,18-26,31-36H2,6-16H3. The van der Waals surface area contributed by atoms with Crippen LogP contribution in [0, 0.1) is 27.1 Å². The van der Waals surface area contributed by atoms with E-state index in [2.05, 4.69) is 150 Å². The first-order valence-corrected chi connectivity index (χ1v) is 20.9. The highest BCUT2D eigenvalue weighted by Gasteiger charge is 2.60. The monoisotopic (exact) mass is 751 g/mol. The van der Waals surface area contributed by atoms with Gasteiger partial charge in [0.05, 0.1) is 18.1 Å². The van der Waals surface area contributed by atoms with E-state index in [0.717, 1.165) is 88.2 Å². The Hall–Kier alpha value is -2.53. The zero-order chi connectivity index (χ0) is 40.7. The van der Waals surface area contributed by atoms with Crippen LogP contribution in [-0.2, 0) is 10.5 Å². The lowest BCUT2D eigenvalue weighted by molar-refractivity contribution is -0.117. The molecule has 2 atom stereocenters. The van der Waals surface area contributed by atoms with Gasteiger partial charge in [-0.15, -0.1) is 6.58 Å². The number of hydrogen-bond donors (Lipinski definition) is 3. The number of rotatable bonds is 27. The van der Waals surface area contributed by atoms with Crippen molar-refractivity contribution in [1.29, 1.82) is 0 Å². The van der Waals surface area contributed by atoms with Crippen LogP contribution in [0.5, 0.6) is 0 Å². The highest BCUT2D eigenvalue weighted by molar-refractivity contribution is 7.79. The Morgan fingerprint density at radius 1 is 0.830 bits per heavy atom. The number of unbranched alkanes of at least 4 members (excludes halogenated alkanes) is 3. The summed E-state index contributed by atoms with van der Waals surface area (Å²) in [6.07, 6.45) is 11.7. The summed E-state index contributed by atoms with van der Waals surface area (Å²) in [5.41, 5.74) is 4.24. The molecule has 0 amide bonds. The summed E-state index contributed by atoms with van der Waals surface area (Å²) in [4.78, 5) is 2.46. The quantitative estimate of drug-likeness (QED) is 0.0363. The molecule has 0 saturated heterocycles. The summed E-state index contributed by atoms with van der Waals surface area (Å²) in [5.74, 6) is 2.18. The van der Waals surface area contributed by atoms with Crippen molar-refractivity contribution in [2.24, 2.45) is 27.1 Å². The van der Waals surface area contributed by atoms with Crippen molar-refractivity contribution < 1.29 is 9.84 Å². The van der Waals surface area contributed by atoms with Gasteiger partial charge in [-0.3, -0.25) is 0 Å². The first-order chi connectivity index (χ1) is 24.5. The molecule has 1 rings (SSSR count). The Bertz CT molecular complexity index is 1310. The Balaban J connectivity index is 3.05. The number of nitrogens with one attached hydrogen (secondary N) is 1. The van der Waals surface area contributed by atoms with Gasteiger partial charge in [0.15, 0.2) is 0 Å². The second-order valence-electron chi connectivity index (χ2n) is 19.0. The van der Waals surface area contributed by atoms with Gasteiger partial charge in [0.2, 0.25) is 0 Å². The molecule has 2 N–H and O–H groups in total. The highest BCUT2D eigenvalue weighted by Crippen LogP contribution is 2.66. The van der Waals surface area contributed by atoms with Crippen molar-refractivity contribution in [3.63, 3.8) is 0 Å². The van der Waals surface area contributed by atoms with Crippen molar-refractivity contribution >= 4 is 12.6 Å². The fourth-order valence-corrected chi connectivity index (χ4v) is 8.13. The normalized spacial score (nSPS) is 14.2. The summed E-state index contributed by atoms with van der Waals surface area (Å²) in [5, 5.41) is 12.7. The fraction of sp³-hybridized carbons (Fsp3) is 0.667. The zero-order valence-electron chi connectivity index (χ0n) is 36.4. The average Bonchev–Trinajstić information content (AvgIpc) is 3.07. The number of nitrogens with zero attached hydrogens (tertiary/aromatic N) is 1. The molecule has 302 valence electrons. The van der Waals surface area contributed by atoms with Gasteiger partial charge in [-0.2, -0.15) is 12.6 Å². The van der Waals surface area contributed by atoms with Crippen LogP contribution in [0.2, 0.25) is 0 Å². The predicted octanol–water partition coefficient (Wildman–Crippen LogP) is 14.0. The summed E-state index contributed by atoms with van der Waals surface area (Å²) in [6.45, 7) is 50.6. The molecule has 0 radical (unpaired) electrons.